The highest BCUT2D eigenvalue weighted by atomic mass is 16.5. The fraction of sp³-hybridized carbons (Fsp3) is 0.474. The van der Waals surface area contributed by atoms with Gasteiger partial charge in [0.15, 0.2) is 0 Å². The van der Waals surface area contributed by atoms with Crippen LogP contribution in [0.3, 0.4) is 0 Å². The van der Waals surface area contributed by atoms with Gasteiger partial charge in [0.05, 0.1) is 13.2 Å². The lowest BCUT2D eigenvalue weighted by molar-refractivity contribution is -0.147. The van der Waals surface area contributed by atoms with Crippen LogP contribution in [-0.2, 0) is 23.9 Å². The second kappa shape index (κ2) is 9.70. The van der Waals surface area contributed by atoms with E-state index in [9.17, 15) is 14.4 Å². The molecule has 0 aliphatic carbocycles. The van der Waals surface area contributed by atoms with E-state index in [0.29, 0.717) is 0 Å². The molecule has 0 aromatic heterocycles. The van der Waals surface area contributed by atoms with E-state index in [1.54, 1.807) is 13.8 Å². The van der Waals surface area contributed by atoms with Gasteiger partial charge in [-0.1, -0.05) is 12.1 Å². The molecule has 1 amide bonds. The van der Waals surface area contributed by atoms with E-state index in [1.807, 2.05) is 31.2 Å². The number of ether oxygens (including phenoxy) is 2. The minimum absolute atomic E-state index is 0.0821. The summed E-state index contributed by atoms with van der Waals surface area (Å²) in [7, 11) is 0. The Labute approximate surface area is 158 Å². The number of nitrogens with one attached hydrogen (secondary N) is 1. The third kappa shape index (κ3) is 5.80. The normalized spacial score (nSPS) is 16.1. The number of hydrogen-bond acceptors (Lipinski definition) is 7. The van der Waals surface area contributed by atoms with Gasteiger partial charge in [0.2, 0.25) is 5.96 Å². The topological polar surface area (TPSA) is 97.3 Å². The molecule has 0 bridgehead atoms. The van der Waals surface area contributed by atoms with Crippen molar-refractivity contribution in [3.8, 4) is 0 Å². The van der Waals surface area contributed by atoms with Gasteiger partial charge in [0.1, 0.15) is 12.6 Å². The lowest BCUT2D eigenvalue weighted by atomic mass is 10.1. The number of esters is 2. The van der Waals surface area contributed by atoms with Gasteiger partial charge in [-0.3, -0.25) is 19.3 Å². The Kier molecular flexibility index (Phi) is 7.34. The highest BCUT2D eigenvalue weighted by molar-refractivity contribution is 6.11. The molecule has 0 spiro atoms. The standard InChI is InChI=1S/C19H25N3O5/c1-4-26-16(23)10-9-15-18(25)22(12-17(24)27-5-2)19(21-15)20-14-8-6-7-13(3)11-14/h6-8,11,15H,4-5,9-10,12H2,1-3H3,(H,20,21)/t15-/m0/s1. The molecule has 146 valence electrons. The fourth-order valence-corrected chi connectivity index (χ4v) is 2.67. The van der Waals surface area contributed by atoms with Crippen molar-refractivity contribution in [2.45, 2.75) is 39.7 Å². The van der Waals surface area contributed by atoms with Crippen LogP contribution in [-0.4, -0.2) is 54.5 Å². The summed E-state index contributed by atoms with van der Waals surface area (Å²) >= 11 is 0. The summed E-state index contributed by atoms with van der Waals surface area (Å²) < 4.78 is 9.84. The van der Waals surface area contributed by atoms with Crippen molar-refractivity contribution in [1.29, 1.82) is 0 Å². The number of anilines is 1. The van der Waals surface area contributed by atoms with Crippen LogP contribution in [0.15, 0.2) is 29.3 Å². The quantitative estimate of drug-likeness (QED) is 0.697. The zero-order valence-electron chi connectivity index (χ0n) is 15.9. The van der Waals surface area contributed by atoms with Crippen LogP contribution in [0, 0.1) is 6.92 Å². The van der Waals surface area contributed by atoms with Gasteiger partial charge in [-0.25, -0.2) is 4.99 Å². The molecule has 1 aromatic carbocycles. The first-order valence-electron chi connectivity index (χ1n) is 8.98. The monoisotopic (exact) mass is 375 g/mol. The van der Waals surface area contributed by atoms with Crippen molar-refractivity contribution in [3.63, 3.8) is 0 Å². The molecule has 0 unspecified atom stereocenters. The van der Waals surface area contributed by atoms with E-state index < -0.39 is 12.0 Å². The van der Waals surface area contributed by atoms with Crippen LogP contribution in [0.25, 0.3) is 0 Å². The number of carbonyl (C=O) groups excluding carboxylic acids is 3. The summed E-state index contributed by atoms with van der Waals surface area (Å²) in [6, 6.07) is 6.83. The van der Waals surface area contributed by atoms with E-state index in [1.165, 1.54) is 4.90 Å². The van der Waals surface area contributed by atoms with Gasteiger partial charge in [-0.2, -0.15) is 0 Å². The minimum atomic E-state index is -0.740. The molecule has 27 heavy (non-hydrogen) atoms. The number of benzene rings is 1. The summed E-state index contributed by atoms with van der Waals surface area (Å²) in [6.07, 6.45) is 0.300. The molecule has 1 aromatic rings. The molecule has 1 aliphatic rings. The molecule has 8 nitrogen and oxygen atoms in total. The van der Waals surface area contributed by atoms with Gasteiger partial charge >= 0.3 is 11.9 Å². The molecule has 1 aliphatic heterocycles. The van der Waals surface area contributed by atoms with Gasteiger partial charge in [0, 0.05) is 12.1 Å². The smallest absolute Gasteiger partial charge is 0.326 e. The molecular weight excluding hydrogens is 350 g/mol. The van der Waals surface area contributed by atoms with Crippen molar-refractivity contribution in [3.05, 3.63) is 29.8 Å². The SMILES string of the molecule is CCOC(=O)CC[C@@H]1N=C(Nc2cccc(C)c2)N(CC(=O)OCC)C1=O. The first-order valence-corrected chi connectivity index (χ1v) is 8.98. The summed E-state index contributed by atoms with van der Waals surface area (Å²) in [5, 5.41) is 3.08. The van der Waals surface area contributed by atoms with Crippen LogP contribution < -0.4 is 5.32 Å². The Morgan fingerprint density at radius 1 is 1.19 bits per heavy atom. The molecule has 2 rings (SSSR count). The number of amides is 1. The van der Waals surface area contributed by atoms with Gasteiger partial charge in [0.25, 0.3) is 5.91 Å². The molecule has 0 saturated heterocycles. The first kappa shape index (κ1) is 20.4. The maximum Gasteiger partial charge on any atom is 0.326 e. The average molecular weight is 375 g/mol. The van der Waals surface area contributed by atoms with E-state index in [0.717, 1.165) is 11.3 Å². The largest absolute Gasteiger partial charge is 0.466 e. The lowest BCUT2D eigenvalue weighted by Gasteiger charge is -2.19. The van der Waals surface area contributed by atoms with E-state index in [-0.39, 0.29) is 50.4 Å². The number of carbonyl (C=O) groups is 3. The molecule has 1 N–H and O–H groups in total. The van der Waals surface area contributed by atoms with Crippen molar-refractivity contribution in [2.75, 3.05) is 25.1 Å². The number of guanidine groups is 1. The number of aryl methyl sites for hydroxylation is 1. The van der Waals surface area contributed by atoms with Crippen molar-refractivity contribution in [1.82, 2.24) is 4.90 Å². The van der Waals surface area contributed by atoms with Gasteiger partial charge < -0.3 is 14.8 Å². The lowest BCUT2D eigenvalue weighted by Crippen LogP contribution is -2.42. The third-order valence-electron chi connectivity index (χ3n) is 3.88. The number of aliphatic imine (C=N–C) groups is 1. The minimum Gasteiger partial charge on any atom is -0.466 e. The number of nitrogens with zero attached hydrogens (tertiary/aromatic N) is 2. The zero-order chi connectivity index (χ0) is 19.8. The Bertz CT molecular complexity index is 732. The summed E-state index contributed by atoms with van der Waals surface area (Å²) in [5.74, 6) is -0.969. The van der Waals surface area contributed by atoms with Crippen molar-refractivity contribution >= 4 is 29.5 Å². The molecular formula is C19H25N3O5. The predicted octanol–water partition coefficient (Wildman–Crippen LogP) is 1.88. The molecule has 0 saturated carbocycles. The van der Waals surface area contributed by atoms with E-state index in [2.05, 4.69) is 10.3 Å². The van der Waals surface area contributed by atoms with Gasteiger partial charge in [-0.15, -0.1) is 0 Å². The fourth-order valence-electron chi connectivity index (χ4n) is 2.67. The van der Waals surface area contributed by atoms with Crippen LogP contribution >= 0.6 is 0 Å². The Balaban J connectivity index is 2.14. The second-order valence-corrected chi connectivity index (χ2v) is 6.04. The van der Waals surface area contributed by atoms with E-state index >= 15 is 0 Å². The highest BCUT2D eigenvalue weighted by Gasteiger charge is 2.36. The average Bonchev–Trinajstić information content (AvgIpc) is 2.89. The molecule has 1 atom stereocenters. The van der Waals surface area contributed by atoms with Crippen LogP contribution in [0.1, 0.15) is 32.3 Å². The number of rotatable bonds is 8. The van der Waals surface area contributed by atoms with Crippen LogP contribution in [0.2, 0.25) is 0 Å². The van der Waals surface area contributed by atoms with Crippen molar-refractivity contribution in [2.24, 2.45) is 4.99 Å². The highest BCUT2D eigenvalue weighted by Crippen LogP contribution is 2.19. The Morgan fingerprint density at radius 3 is 2.56 bits per heavy atom. The first-order chi connectivity index (χ1) is 12.9. The summed E-state index contributed by atoms with van der Waals surface area (Å²) in [6.45, 7) is 5.65. The molecule has 1 heterocycles. The van der Waals surface area contributed by atoms with Crippen LogP contribution in [0.4, 0.5) is 5.69 Å². The molecule has 0 fully saturated rings. The Morgan fingerprint density at radius 2 is 1.89 bits per heavy atom. The second-order valence-electron chi connectivity index (χ2n) is 6.04. The Hall–Kier alpha value is -2.90. The third-order valence-corrected chi connectivity index (χ3v) is 3.88. The summed E-state index contributed by atoms with van der Waals surface area (Å²) in [5.41, 5.74) is 1.79. The van der Waals surface area contributed by atoms with Crippen molar-refractivity contribution < 1.29 is 23.9 Å². The van der Waals surface area contributed by atoms with Gasteiger partial charge in [-0.05, 0) is 44.9 Å². The number of hydrogen-bond donors (Lipinski definition) is 1. The maximum absolute atomic E-state index is 12.7. The zero-order valence-corrected chi connectivity index (χ0v) is 15.9. The van der Waals surface area contributed by atoms with Crippen LogP contribution in [0.5, 0.6) is 0 Å². The van der Waals surface area contributed by atoms with E-state index in [4.69, 9.17) is 9.47 Å². The predicted molar refractivity (Wildman–Crippen MR) is 100 cm³/mol. The maximum atomic E-state index is 12.7. The summed E-state index contributed by atoms with van der Waals surface area (Å²) in [4.78, 5) is 41.8. The molecule has 0 radical (unpaired) electrons. The molecule has 8 heteroatoms.